The fourth-order valence-electron chi connectivity index (χ4n) is 2.80. The maximum absolute atomic E-state index is 12.9. The quantitative estimate of drug-likeness (QED) is 0.542. The van der Waals surface area contributed by atoms with Crippen LogP contribution < -0.4 is 10.1 Å². The van der Waals surface area contributed by atoms with Crippen LogP contribution in [0.1, 0.15) is 15.9 Å². The number of benzene rings is 2. The lowest BCUT2D eigenvalue weighted by Crippen LogP contribution is -2.12. The summed E-state index contributed by atoms with van der Waals surface area (Å²) in [6.45, 7) is 2.03. The molecule has 0 aliphatic carbocycles. The number of carbonyl (C=O) groups excluding carboxylic acids is 1. The standard InChI is InChI=1S/C21H18N4O2S/c1-14-6-8-16(9-7-14)25-13-18(20(26)23-21-22-10-11-28-21)19(24-25)15-4-3-5-17(12-15)27-2/h3-13H,1-2H3,(H,22,23,26). The van der Waals surface area contributed by atoms with Crippen LogP contribution in [0.5, 0.6) is 5.75 Å². The van der Waals surface area contributed by atoms with Crippen molar-refractivity contribution in [2.24, 2.45) is 0 Å². The Hall–Kier alpha value is -3.45. The van der Waals surface area contributed by atoms with Crippen LogP contribution in [-0.2, 0) is 0 Å². The number of rotatable bonds is 5. The second kappa shape index (κ2) is 7.66. The van der Waals surface area contributed by atoms with Gasteiger partial charge in [0.05, 0.1) is 18.4 Å². The van der Waals surface area contributed by atoms with Crippen molar-refractivity contribution in [2.75, 3.05) is 12.4 Å². The minimum atomic E-state index is -0.258. The van der Waals surface area contributed by atoms with E-state index < -0.39 is 0 Å². The van der Waals surface area contributed by atoms with Crippen molar-refractivity contribution in [3.8, 4) is 22.7 Å². The number of ether oxygens (including phenoxy) is 1. The van der Waals surface area contributed by atoms with Crippen LogP contribution in [-0.4, -0.2) is 27.8 Å². The Labute approximate surface area is 166 Å². The lowest BCUT2D eigenvalue weighted by Gasteiger charge is -2.05. The van der Waals surface area contributed by atoms with Gasteiger partial charge in [0.1, 0.15) is 11.4 Å². The highest BCUT2D eigenvalue weighted by atomic mass is 32.1. The fraction of sp³-hybridized carbons (Fsp3) is 0.0952. The number of anilines is 1. The van der Waals surface area contributed by atoms with Crippen LogP contribution in [0.25, 0.3) is 16.9 Å². The number of amides is 1. The normalized spacial score (nSPS) is 10.6. The molecule has 28 heavy (non-hydrogen) atoms. The molecule has 0 atom stereocenters. The number of hydrogen-bond donors (Lipinski definition) is 1. The first-order valence-corrected chi connectivity index (χ1v) is 9.54. The number of aromatic nitrogens is 3. The fourth-order valence-corrected chi connectivity index (χ4v) is 3.33. The van der Waals surface area contributed by atoms with Gasteiger partial charge in [-0.1, -0.05) is 29.8 Å². The number of carbonyl (C=O) groups is 1. The minimum Gasteiger partial charge on any atom is -0.497 e. The number of hydrogen-bond acceptors (Lipinski definition) is 5. The molecule has 0 bridgehead atoms. The van der Waals surface area contributed by atoms with E-state index in [4.69, 9.17) is 4.74 Å². The first-order chi connectivity index (χ1) is 13.6. The summed E-state index contributed by atoms with van der Waals surface area (Å²) in [4.78, 5) is 17.1. The highest BCUT2D eigenvalue weighted by Gasteiger charge is 2.20. The monoisotopic (exact) mass is 390 g/mol. The maximum atomic E-state index is 12.9. The predicted molar refractivity (Wildman–Crippen MR) is 110 cm³/mol. The van der Waals surface area contributed by atoms with Crippen LogP contribution in [0.4, 0.5) is 5.13 Å². The molecule has 0 saturated heterocycles. The molecule has 0 radical (unpaired) electrons. The van der Waals surface area contributed by atoms with Crippen LogP contribution in [0.15, 0.2) is 66.3 Å². The van der Waals surface area contributed by atoms with Crippen molar-refractivity contribution in [1.82, 2.24) is 14.8 Å². The molecule has 0 unspecified atom stereocenters. The number of methoxy groups -OCH3 is 1. The zero-order valence-corrected chi connectivity index (χ0v) is 16.2. The van der Waals surface area contributed by atoms with E-state index in [2.05, 4.69) is 15.4 Å². The van der Waals surface area contributed by atoms with Crippen molar-refractivity contribution in [3.05, 3.63) is 77.4 Å². The van der Waals surface area contributed by atoms with Crippen molar-refractivity contribution in [1.29, 1.82) is 0 Å². The third-order valence-corrected chi connectivity index (χ3v) is 4.94. The smallest absolute Gasteiger partial charge is 0.261 e. The summed E-state index contributed by atoms with van der Waals surface area (Å²) in [7, 11) is 1.61. The maximum Gasteiger partial charge on any atom is 0.261 e. The van der Waals surface area contributed by atoms with Gasteiger partial charge in [0.15, 0.2) is 5.13 Å². The van der Waals surface area contributed by atoms with Crippen LogP contribution >= 0.6 is 11.3 Å². The number of nitrogens with one attached hydrogen (secondary N) is 1. The Morgan fingerprint density at radius 2 is 2.00 bits per heavy atom. The summed E-state index contributed by atoms with van der Waals surface area (Å²) < 4.78 is 7.04. The Morgan fingerprint density at radius 1 is 1.18 bits per heavy atom. The molecule has 1 N–H and O–H groups in total. The van der Waals surface area contributed by atoms with Crippen molar-refractivity contribution in [2.45, 2.75) is 6.92 Å². The van der Waals surface area contributed by atoms with E-state index in [-0.39, 0.29) is 5.91 Å². The van der Waals surface area contributed by atoms with Gasteiger partial charge in [0.25, 0.3) is 5.91 Å². The molecule has 140 valence electrons. The van der Waals surface area contributed by atoms with E-state index in [1.807, 2.05) is 60.8 Å². The molecule has 2 aromatic carbocycles. The molecule has 0 aliphatic heterocycles. The van der Waals surface area contributed by atoms with E-state index in [1.165, 1.54) is 11.3 Å². The summed E-state index contributed by atoms with van der Waals surface area (Å²) in [6.07, 6.45) is 3.39. The second-order valence-electron chi connectivity index (χ2n) is 6.19. The van der Waals surface area contributed by atoms with E-state index >= 15 is 0 Å². The van der Waals surface area contributed by atoms with Gasteiger partial charge in [-0.2, -0.15) is 5.10 Å². The molecule has 1 amide bonds. The van der Waals surface area contributed by atoms with Gasteiger partial charge < -0.3 is 4.74 Å². The second-order valence-corrected chi connectivity index (χ2v) is 7.09. The first-order valence-electron chi connectivity index (χ1n) is 8.66. The topological polar surface area (TPSA) is 69.0 Å². The summed E-state index contributed by atoms with van der Waals surface area (Å²) in [5.41, 5.74) is 3.88. The Kier molecular flexibility index (Phi) is 4.90. The van der Waals surface area contributed by atoms with Crippen LogP contribution in [0.2, 0.25) is 0 Å². The van der Waals surface area contributed by atoms with E-state index in [0.717, 1.165) is 16.8 Å². The summed E-state index contributed by atoms with van der Waals surface area (Å²) in [6, 6.07) is 15.5. The van der Waals surface area contributed by atoms with Gasteiger partial charge in [0, 0.05) is 23.3 Å². The molecule has 2 heterocycles. The van der Waals surface area contributed by atoms with Crippen LogP contribution in [0, 0.1) is 6.92 Å². The SMILES string of the molecule is COc1cccc(-c2nn(-c3ccc(C)cc3)cc2C(=O)Nc2nccs2)c1. The van der Waals surface area contributed by atoms with E-state index in [9.17, 15) is 4.79 Å². The van der Waals surface area contributed by atoms with Crippen molar-refractivity contribution >= 4 is 22.4 Å². The summed E-state index contributed by atoms with van der Waals surface area (Å²) >= 11 is 1.37. The van der Waals surface area contributed by atoms with E-state index in [1.54, 1.807) is 24.2 Å². The van der Waals surface area contributed by atoms with Crippen molar-refractivity contribution < 1.29 is 9.53 Å². The molecule has 7 heteroatoms. The molecule has 4 rings (SSSR count). The summed E-state index contributed by atoms with van der Waals surface area (Å²) in [5.74, 6) is 0.444. The minimum absolute atomic E-state index is 0.258. The lowest BCUT2D eigenvalue weighted by atomic mass is 10.1. The zero-order chi connectivity index (χ0) is 19.5. The molecular formula is C21H18N4O2S. The molecular weight excluding hydrogens is 372 g/mol. The predicted octanol–water partition coefficient (Wildman–Crippen LogP) is 4.57. The molecule has 0 saturated carbocycles. The molecule has 2 aromatic heterocycles. The Morgan fingerprint density at radius 3 is 2.71 bits per heavy atom. The van der Waals surface area contributed by atoms with Gasteiger partial charge >= 0.3 is 0 Å². The average molecular weight is 390 g/mol. The molecule has 0 aliphatic rings. The molecule has 4 aromatic rings. The summed E-state index contributed by atoms with van der Waals surface area (Å²) in [5, 5.41) is 9.88. The van der Waals surface area contributed by atoms with Gasteiger partial charge in [-0.15, -0.1) is 11.3 Å². The highest BCUT2D eigenvalue weighted by molar-refractivity contribution is 7.13. The lowest BCUT2D eigenvalue weighted by molar-refractivity contribution is 0.102. The largest absolute Gasteiger partial charge is 0.497 e. The first kappa shape index (κ1) is 17.9. The van der Waals surface area contributed by atoms with Gasteiger partial charge in [0.2, 0.25) is 0 Å². The third-order valence-electron chi connectivity index (χ3n) is 4.25. The van der Waals surface area contributed by atoms with Gasteiger partial charge in [-0.25, -0.2) is 9.67 Å². The van der Waals surface area contributed by atoms with Gasteiger partial charge in [-0.05, 0) is 31.2 Å². The number of nitrogens with zero attached hydrogens (tertiary/aromatic N) is 3. The van der Waals surface area contributed by atoms with Gasteiger partial charge in [-0.3, -0.25) is 10.1 Å². The van der Waals surface area contributed by atoms with Crippen LogP contribution in [0.3, 0.4) is 0 Å². The average Bonchev–Trinajstić information content (AvgIpc) is 3.38. The molecule has 6 nitrogen and oxygen atoms in total. The number of thiazole rings is 1. The molecule has 0 spiro atoms. The molecule has 0 fully saturated rings. The van der Waals surface area contributed by atoms with Crippen molar-refractivity contribution in [3.63, 3.8) is 0 Å². The Balaban J connectivity index is 1.79. The zero-order valence-electron chi connectivity index (χ0n) is 15.4. The number of aryl methyl sites for hydroxylation is 1. The Bertz CT molecular complexity index is 1100. The third kappa shape index (κ3) is 3.65. The highest BCUT2D eigenvalue weighted by Crippen LogP contribution is 2.28. The van der Waals surface area contributed by atoms with E-state index in [0.29, 0.717) is 22.1 Å².